The second-order valence-electron chi connectivity index (χ2n) is 4.11. The number of nitrogens with one attached hydrogen (secondary N) is 2. The molecule has 2 amide bonds. The maximum atomic E-state index is 11.3. The molecule has 3 N–H and O–H groups in total. The third-order valence-corrected chi connectivity index (χ3v) is 2.39. The zero-order valence-electron chi connectivity index (χ0n) is 10.8. The number of hydrogen-bond acceptors (Lipinski definition) is 3. The Bertz CT molecular complexity index is 279. The molecule has 0 heterocycles. The van der Waals surface area contributed by atoms with Gasteiger partial charge in [-0.2, -0.15) is 0 Å². The Morgan fingerprint density at radius 1 is 0.889 bits per heavy atom. The highest BCUT2D eigenvalue weighted by Crippen LogP contribution is 2.04. The van der Waals surface area contributed by atoms with Crippen molar-refractivity contribution in [2.75, 3.05) is 13.1 Å². The number of carboxylic acids is 1. The van der Waals surface area contributed by atoms with E-state index in [-0.39, 0.29) is 12.5 Å². The lowest BCUT2D eigenvalue weighted by Crippen LogP contribution is -2.38. The van der Waals surface area contributed by atoms with E-state index in [0.29, 0.717) is 6.42 Å². The zero-order chi connectivity index (χ0) is 13.8. The summed E-state index contributed by atoms with van der Waals surface area (Å²) in [7, 11) is 0. The Balaban J connectivity index is 3.46. The van der Waals surface area contributed by atoms with Crippen LogP contribution in [-0.4, -0.2) is 36.0 Å². The molecule has 0 aliphatic carbocycles. The molecule has 6 nitrogen and oxygen atoms in total. The van der Waals surface area contributed by atoms with E-state index in [1.165, 1.54) is 6.42 Å². The zero-order valence-corrected chi connectivity index (χ0v) is 10.8. The van der Waals surface area contributed by atoms with Crippen LogP contribution in [0.1, 0.15) is 45.4 Å². The van der Waals surface area contributed by atoms with Crippen LogP contribution < -0.4 is 10.6 Å². The number of hydrogen-bond donors (Lipinski definition) is 3. The van der Waals surface area contributed by atoms with Gasteiger partial charge in [0, 0.05) is 6.42 Å². The summed E-state index contributed by atoms with van der Waals surface area (Å²) < 4.78 is 0. The molecule has 0 saturated heterocycles. The van der Waals surface area contributed by atoms with Gasteiger partial charge in [-0.1, -0.05) is 32.6 Å². The van der Waals surface area contributed by atoms with Gasteiger partial charge in [0.25, 0.3) is 0 Å². The van der Waals surface area contributed by atoms with Gasteiger partial charge in [0.05, 0.1) is 6.54 Å². The minimum Gasteiger partial charge on any atom is -0.480 e. The molecular formula is C12H22N2O4. The van der Waals surface area contributed by atoms with Crippen LogP contribution in [0.2, 0.25) is 0 Å². The second-order valence-corrected chi connectivity index (χ2v) is 4.11. The number of carbonyl (C=O) groups excluding carboxylic acids is 2. The average molecular weight is 258 g/mol. The van der Waals surface area contributed by atoms with Gasteiger partial charge >= 0.3 is 5.97 Å². The van der Waals surface area contributed by atoms with Crippen LogP contribution in [0.25, 0.3) is 0 Å². The first-order chi connectivity index (χ1) is 8.56. The van der Waals surface area contributed by atoms with E-state index in [0.717, 1.165) is 25.7 Å². The predicted molar refractivity (Wildman–Crippen MR) is 67.0 cm³/mol. The molecule has 0 radical (unpaired) electrons. The van der Waals surface area contributed by atoms with Crippen molar-refractivity contribution in [3.05, 3.63) is 0 Å². The fraction of sp³-hybridized carbons (Fsp3) is 0.750. The summed E-state index contributed by atoms with van der Waals surface area (Å²) in [5, 5.41) is 12.9. The third kappa shape index (κ3) is 10.9. The lowest BCUT2D eigenvalue weighted by atomic mass is 10.1. The fourth-order valence-corrected chi connectivity index (χ4v) is 1.39. The van der Waals surface area contributed by atoms with Gasteiger partial charge in [0.1, 0.15) is 6.54 Å². The van der Waals surface area contributed by atoms with Crippen molar-refractivity contribution in [2.24, 2.45) is 0 Å². The fourth-order valence-electron chi connectivity index (χ4n) is 1.39. The molecule has 0 atom stereocenters. The molecule has 0 aromatic heterocycles. The van der Waals surface area contributed by atoms with Gasteiger partial charge in [0.15, 0.2) is 0 Å². The molecule has 0 aliphatic rings. The summed E-state index contributed by atoms with van der Waals surface area (Å²) in [6, 6.07) is 0. The van der Waals surface area contributed by atoms with Gasteiger partial charge in [-0.25, -0.2) is 0 Å². The number of unbranched alkanes of at least 4 members (excludes halogenated alkanes) is 4. The van der Waals surface area contributed by atoms with E-state index < -0.39 is 18.4 Å². The Morgan fingerprint density at radius 2 is 1.50 bits per heavy atom. The SMILES string of the molecule is CCCCCCCC(=O)NCC(=O)NCC(=O)O. The summed E-state index contributed by atoms with van der Waals surface area (Å²) in [4.78, 5) is 32.6. The first-order valence-corrected chi connectivity index (χ1v) is 6.31. The van der Waals surface area contributed by atoms with Crippen LogP contribution in [-0.2, 0) is 14.4 Å². The van der Waals surface area contributed by atoms with Crippen LogP contribution in [0, 0.1) is 0 Å². The van der Waals surface area contributed by atoms with E-state index in [2.05, 4.69) is 17.6 Å². The molecule has 104 valence electrons. The summed E-state index contributed by atoms with van der Waals surface area (Å²) >= 11 is 0. The first-order valence-electron chi connectivity index (χ1n) is 6.31. The number of carboxylic acid groups (broad SMARTS) is 1. The Morgan fingerprint density at radius 3 is 2.11 bits per heavy atom. The maximum Gasteiger partial charge on any atom is 0.322 e. The van der Waals surface area contributed by atoms with Gasteiger partial charge in [-0.3, -0.25) is 14.4 Å². The average Bonchev–Trinajstić information content (AvgIpc) is 2.33. The van der Waals surface area contributed by atoms with Crippen LogP contribution in [0.5, 0.6) is 0 Å². The molecular weight excluding hydrogens is 236 g/mol. The highest BCUT2D eigenvalue weighted by Gasteiger charge is 2.06. The van der Waals surface area contributed by atoms with Crippen molar-refractivity contribution >= 4 is 17.8 Å². The molecule has 0 rings (SSSR count). The van der Waals surface area contributed by atoms with Crippen molar-refractivity contribution in [2.45, 2.75) is 45.4 Å². The molecule has 0 saturated carbocycles. The Labute approximate surface area is 107 Å². The second kappa shape index (κ2) is 10.6. The number of aliphatic carboxylic acids is 1. The molecule has 0 bridgehead atoms. The van der Waals surface area contributed by atoms with Crippen LogP contribution in [0.3, 0.4) is 0 Å². The maximum absolute atomic E-state index is 11.3. The topological polar surface area (TPSA) is 95.5 Å². The molecule has 6 heteroatoms. The Kier molecular flexibility index (Phi) is 9.62. The molecule has 0 aliphatic heterocycles. The van der Waals surface area contributed by atoms with Crippen molar-refractivity contribution < 1.29 is 19.5 Å². The molecule has 18 heavy (non-hydrogen) atoms. The summed E-state index contributed by atoms with van der Waals surface area (Å²) in [5.41, 5.74) is 0. The molecule has 0 aromatic carbocycles. The lowest BCUT2D eigenvalue weighted by Gasteiger charge is -2.05. The number of amides is 2. The molecule has 0 fully saturated rings. The van der Waals surface area contributed by atoms with Gasteiger partial charge < -0.3 is 15.7 Å². The van der Waals surface area contributed by atoms with Gasteiger partial charge in [-0.05, 0) is 6.42 Å². The van der Waals surface area contributed by atoms with E-state index >= 15 is 0 Å². The van der Waals surface area contributed by atoms with E-state index in [1.54, 1.807) is 0 Å². The summed E-state index contributed by atoms with van der Waals surface area (Å²) in [6.45, 7) is 1.54. The predicted octanol–water partition coefficient (Wildman–Crippen LogP) is 0.664. The lowest BCUT2D eigenvalue weighted by molar-refractivity contribution is -0.137. The van der Waals surface area contributed by atoms with E-state index in [1.807, 2.05) is 0 Å². The monoisotopic (exact) mass is 258 g/mol. The minimum atomic E-state index is -1.11. The summed E-state index contributed by atoms with van der Waals surface area (Å²) in [5.74, 6) is -1.76. The smallest absolute Gasteiger partial charge is 0.322 e. The molecule has 0 spiro atoms. The van der Waals surface area contributed by atoms with Gasteiger partial charge in [-0.15, -0.1) is 0 Å². The number of rotatable bonds is 10. The van der Waals surface area contributed by atoms with Crippen LogP contribution >= 0.6 is 0 Å². The standard InChI is InChI=1S/C12H22N2O4/c1-2-3-4-5-6-7-10(15)13-8-11(16)14-9-12(17)18/h2-9H2,1H3,(H,13,15)(H,14,16)(H,17,18). The highest BCUT2D eigenvalue weighted by atomic mass is 16.4. The van der Waals surface area contributed by atoms with E-state index in [4.69, 9.17) is 5.11 Å². The largest absolute Gasteiger partial charge is 0.480 e. The van der Waals surface area contributed by atoms with E-state index in [9.17, 15) is 14.4 Å². The van der Waals surface area contributed by atoms with Crippen molar-refractivity contribution in [3.63, 3.8) is 0 Å². The normalized spacial score (nSPS) is 9.83. The first kappa shape index (κ1) is 16.4. The van der Waals surface area contributed by atoms with Crippen LogP contribution in [0.4, 0.5) is 0 Å². The molecule has 0 unspecified atom stereocenters. The van der Waals surface area contributed by atoms with Crippen molar-refractivity contribution in [1.82, 2.24) is 10.6 Å². The van der Waals surface area contributed by atoms with Gasteiger partial charge in [0.2, 0.25) is 11.8 Å². The Hall–Kier alpha value is -1.59. The van der Waals surface area contributed by atoms with Crippen LogP contribution in [0.15, 0.2) is 0 Å². The van der Waals surface area contributed by atoms with Crippen molar-refractivity contribution in [3.8, 4) is 0 Å². The number of carbonyl (C=O) groups is 3. The highest BCUT2D eigenvalue weighted by molar-refractivity contribution is 5.86. The van der Waals surface area contributed by atoms with Crippen molar-refractivity contribution in [1.29, 1.82) is 0 Å². The quantitative estimate of drug-likeness (QED) is 0.502. The summed E-state index contributed by atoms with van der Waals surface area (Å²) in [6.07, 6.45) is 5.73. The third-order valence-electron chi connectivity index (χ3n) is 2.39. The minimum absolute atomic E-state index is 0.166. The molecule has 0 aromatic rings.